The molecule has 1 amide bonds. The molecule has 0 heterocycles. The lowest BCUT2D eigenvalue weighted by Crippen LogP contribution is -2.29. The van der Waals surface area contributed by atoms with Crippen LogP contribution in [0.25, 0.3) is 0 Å². The number of nitro groups is 1. The lowest BCUT2D eigenvalue weighted by atomic mass is 10.1. The predicted octanol–water partition coefficient (Wildman–Crippen LogP) is 4.57. The van der Waals surface area contributed by atoms with E-state index < -0.39 is 16.6 Å². The molecule has 0 fully saturated rings. The maximum Gasteiger partial charge on any atom is 0.269 e. The quantitative estimate of drug-likeness (QED) is 0.401. The van der Waals surface area contributed by atoms with Crippen molar-refractivity contribution in [2.24, 2.45) is 0 Å². The third-order valence-corrected chi connectivity index (χ3v) is 5.01. The van der Waals surface area contributed by atoms with Crippen molar-refractivity contribution in [1.29, 1.82) is 0 Å². The highest BCUT2D eigenvalue weighted by Crippen LogP contribution is 2.25. The van der Waals surface area contributed by atoms with Gasteiger partial charge in [0.2, 0.25) is 5.91 Å². The first-order valence-corrected chi connectivity index (χ1v) is 8.86. The van der Waals surface area contributed by atoms with E-state index in [9.17, 15) is 23.7 Å². The second kappa shape index (κ2) is 8.75. The Balaban J connectivity index is 1.92. The van der Waals surface area contributed by atoms with E-state index in [1.165, 1.54) is 34.9 Å². The van der Waals surface area contributed by atoms with Gasteiger partial charge in [0.1, 0.15) is 0 Å². The molecule has 2 aromatic rings. The molecule has 0 aliphatic heterocycles. The largest absolute Gasteiger partial charge is 0.339 e. The van der Waals surface area contributed by atoms with E-state index in [4.69, 9.17) is 0 Å². The number of non-ortho nitro benzene ring substituents is 1. The molecule has 2 aromatic carbocycles. The molecule has 8 heteroatoms. The predicted molar refractivity (Wildman–Crippen MR) is 96.0 cm³/mol. The topological polar surface area (TPSA) is 63.5 Å². The summed E-state index contributed by atoms with van der Waals surface area (Å²) in [5, 5.41) is 10.9. The Hall–Kier alpha value is -2.48. The molecule has 0 N–H and O–H groups in total. The number of nitro benzene ring substituents is 1. The number of carbonyl (C=O) groups excluding carboxylic acids is 1. The van der Waals surface area contributed by atoms with Crippen LogP contribution < -0.4 is 0 Å². The summed E-state index contributed by atoms with van der Waals surface area (Å²) in [5.74, 6) is -1.55. The summed E-state index contributed by atoms with van der Waals surface area (Å²) in [6, 6.07) is 9.45. The van der Waals surface area contributed by atoms with E-state index >= 15 is 0 Å². The van der Waals surface area contributed by atoms with Gasteiger partial charge < -0.3 is 4.90 Å². The van der Waals surface area contributed by atoms with E-state index in [1.807, 2.05) is 0 Å². The fourth-order valence-corrected chi connectivity index (χ4v) is 3.20. The average Bonchev–Trinajstić information content (AvgIpc) is 2.63. The Morgan fingerprint density at radius 1 is 1.23 bits per heavy atom. The van der Waals surface area contributed by atoms with E-state index in [-0.39, 0.29) is 24.1 Å². The lowest BCUT2D eigenvalue weighted by Gasteiger charge is -2.25. The summed E-state index contributed by atoms with van der Waals surface area (Å²) >= 11 is 1.26. The van der Waals surface area contributed by atoms with Crippen molar-refractivity contribution in [1.82, 2.24) is 4.90 Å². The number of carbonyl (C=O) groups is 1. The molecular formula is C18H18F2N2O3S. The summed E-state index contributed by atoms with van der Waals surface area (Å²) in [6.07, 6.45) is 0.208. The first-order chi connectivity index (χ1) is 12.3. The van der Waals surface area contributed by atoms with Gasteiger partial charge in [-0.1, -0.05) is 12.1 Å². The first-order valence-electron chi connectivity index (χ1n) is 7.87. The summed E-state index contributed by atoms with van der Waals surface area (Å²) < 4.78 is 26.1. The van der Waals surface area contributed by atoms with Gasteiger partial charge in [-0.15, -0.1) is 11.8 Å². The number of nitrogens with zero attached hydrogens (tertiary/aromatic N) is 2. The van der Waals surface area contributed by atoms with E-state index in [0.29, 0.717) is 16.2 Å². The molecule has 5 nitrogen and oxygen atoms in total. The second-order valence-electron chi connectivity index (χ2n) is 5.71. The molecule has 0 unspecified atom stereocenters. The van der Waals surface area contributed by atoms with Crippen LogP contribution in [0.15, 0.2) is 47.4 Å². The van der Waals surface area contributed by atoms with Gasteiger partial charge in [0.25, 0.3) is 5.69 Å². The van der Waals surface area contributed by atoms with Crippen LogP contribution in [0, 0.1) is 21.7 Å². The van der Waals surface area contributed by atoms with Crippen LogP contribution in [-0.2, 0) is 4.79 Å². The maximum atomic E-state index is 13.2. The van der Waals surface area contributed by atoms with Gasteiger partial charge in [-0.2, -0.15) is 0 Å². The van der Waals surface area contributed by atoms with E-state index in [2.05, 4.69) is 0 Å². The third kappa shape index (κ3) is 5.01. The molecule has 0 aliphatic rings. The van der Waals surface area contributed by atoms with Crippen molar-refractivity contribution in [3.63, 3.8) is 0 Å². The van der Waals surface area contributed by atoms with Gasteiger partial charge in [0.15, 0.2) is 11.6 Å². The van der Waals surface area contributed by atoms with Crippen molar-refractivity contribution in [2.75, 3.05) is 12.8 Å². The van der Waals surface area contributed by atoms with Crippen molar-refractivity contribution in [2.45, 2.75) is 24.3 Å². The van der Waals surface area contributed by atoms with Crippen molar-refractivity contribution in [3.8, 4) is 0 Å². The molecule has 2 rings (SSSR count). The van der Waals surface area contributed by atoms with Crippen molar-refractivity contribution >= 4 is 23.4 Å². The SMILES string of the molecule is C[C@H](c1cccc([N+](=O)[O-])c1)N(C)C(=O)CCSc1ccc(F)c(F)c1. The Morgan fingerprint density at radius 3 is 2.62 bits per heavy atom. The number of thioether (sulfide) groups is 1. The minimum absolute atomic E-state index is 0.0240. The smallest absolute Gasteiger partial charge is 0.269 e. The highest BCUT2D eigenvalue weighted by Gasteiger charge is 2.19. The molecule has 26 heavy (non-hydrogen) atoms. The minimum atomic E-state index is -0.919. The lowest BCUT2D eigenvalue weighted by molar-refractivity contribution is -0.384. The molecular weight excluding hydrogens is 362 g/mol. The molecule has 0 aliphatic carbocycles. The zero-order chi connectivity index (χ0) is 19.3. The van der Waals surface area contributed by atoms with Crippen LogP contribution in [0.5, 0.6) is 0 Å². The van der Waals surface area contributed by atoms with Crippen LogP contribution in [0.1, 0.15) is 24.9 Å². The molecule has 138 valence electrons. The number of hydrogen-bond donors (Lipinski definition) is 0. The van der Waals surface area contributed by atoms with Crippen LogP contribution >= 0.6 is 11.8 Å². The van der Waals surface area contributed by atoms with Crippen LogP contribution in [0.2, 0.25) is 0 Å². The molecule has 0 saturated carbocycles. The highest BCUT2D eigenvalue weighted by atomic mass is 32.2. The zero-order valence-corrected chi connectivity index (χ0v) is 15.1. The fourth-order valence-electron chi connectivity index (χ4n) is 2.34. The first kappa shape index (κ1) is 19.8. The van der Waals surface area contributed by atoms with Gasteiger partial charge in [-0.05, 0) is 30.7 Å². The Labute approximate surface area is 154 Å². The van der Waals surface area contributed by atoms with Crippen LogP contribution in [0.4, 0.5) is 14.5 Å². The standard InChI is InChI=1S/C18H18F2N2O3S/c1-12(13-4-3-5-14(10-13)22(24)25)21(2)18(23)8-9-26-15-6-7-16(19)17(20)11-15/h3-7,10-12H,8-9H2,1-2H3/t12-/m1/s1. The number of amides is 1. The fraction of sp³-hybridized carbons (Fsp3) is 0.278. The average molecular weight is 380 g/mol. The number of rotatable bonds is 7. The number of halogens is 2. The van der Waals surface area contributed by atoms with Crippen molar-refractivity contribution in [3.05, 3.63) is 69.8 Å². The van der Waals surface area contributed by atoms with Crippen molar-refractivity contribution < 1.29 is 18.5 Å². The molecule has 0 bridgehead atoms. The third-order valence-electron chi connectivity index (χ3n) is 4.01. The van der Waals surface area contributed by atoms with Gasteiger partial charge in [-0.3, -0.25) is 14.9 Å². The zero-order valence-electron chi connectivity index (χ0n) is 14.3. The van der Waals surface area contributed by atoms with Crippen LogP contribution in [0.3, 0.4) is 0 Å². The molecule has 0 spiro atoms. The minimum Gasteiger partial charge on any atom is -0.339 e. The molecule has 0 aromatic heterocycles. The Bertz CT molecular complexity index is 817. The van der Waals surface area contributed by atoms with Crippen LogP contribution in [-0.4, -0.2) is 28.5 Å². The summed E-state index contributed by atoms with van der Waals surface area (Å²) in [7, 11) is 1.63. The van der Waals surface area contributed by atoms with Gasteiger partial charge in [0.05, 0.1) is 11.0 Å². The van der Waals surface area contributed by atoms with E-state index in [0.717, 1.165) is 12.1 Å². The summed E-state index contributed by atoms with van der Waals surface area (Å²) in [5.41, 5.74) is 0.646. The summed E-state index contributed by atoms with van der Waals surface area (Å²) in [6.45, 7) is 1.79. The number of benzene rings is 2. The molecule has 0 radical (unpaired) electrons. The normalized spacial score (nSPS) is 11.8. The maximum absolute atomic E-state index is 13.2. The Kier molecular flexibility index (Phi) is 6.68. The molecule has 0 saturated heterocycles. The van der Waals surface area contributed by atoms with E-state index in [1.54, 1.807) is 26.1 Å². The monoisotopic (exact) mass is 380 g/mol. The van der Waals surface area contributed by atoms with Gasteiger partial charge >= 0.3 is 0 Å². The second-order valence-corrected chi connectivity index (χ2v) is 6.88. The summed E-state index contributed by atoms with van der Waals surface area (Å²) in [4.78, 5) is 24.8. The highest BCUT2D eigenvalue weighted by molar-refractivity contribution is 7.99. The Morgan fingerprint density at radius 2 is 1.96 bits per heavy atom. The molecule has 1 atom stereocenters. The number of hydrogen-bond acceptors (Lipinski definition) is 4. The van der Waals surface area contributed by atoms with Gasteiger partial charge in [0, 0.05) is 36.2 Å². The van der Waals surface area contributed by atoms with Gasteiger partial charge in [-0.25, -0.2) is 8.78 Å².